The molecule has 1 unspecified atom stereocenters. The third kappa shape index (κ3) is 3.34. The minimum absolute atomic E-state index is 0.0432. The lowest BCUT2D eigenvalue weighted by Crippen LogP contribution is -2.20. The van der Waals surface area contributed by atoms with Crippen molar-refractivity contribution in [1.29, 1.82) is 0 Å². The van der Waals surface area contributed by atoms with Gasteiger partial charge in [-0.3, -0.25) is 9.97 Å². The summed E-state index contributed by atoms with van der Waals surface area (Å²) in [6, 6.07) is 5.18. The number of hydrogen-bond donors (Lipinski definition) is 1. The van der Waals surface area contributed by atoms with Crippen LogP contribution in [0.3, 0.4) is 0 Å². The summed E-state index contributed by atoms with van der Waals surface area (Å²) < 4.78 is 13.8. The zero-order valence-corrected chi connectivity index (χ0v) is 11.5. The number of likely N-dealkylation sites (N-methyl/N-ethyl adjacent to an activating group) is 1. The average Bonchev–Trinajstić information content (AvgIpc) is 2.37. The van der Waals surface area contributed by atoms with Gasteiger partial charge < -0.3 is 5.32 Å². The zero-order chi connectivity index (χ0) is 13.0. The predicted molar refractivity (Wildman–Crippen MR) is 71.6 cm³/mol. The zero-order valence-electron chi connectivity index (χ0n) is 9.90. The van der Waals surface area contributed by atoms with Gasteiger partial charge in [0.2, 0.25) is 0 Å². The third-order valence-corrected chi connectivity index (χ3v) is 3.09. The van der Waals surface area contributed by atoms with E-state index in [9.17, 15) is 4.39 Å². The van der Waals surface area contributed by atoms with Crippen LogP contribution in [0.25, 0.3) is 0 Å². The second kappa shape index (κ2) is 6.02. The standard InChI is InChI=1S/C13H13BrFN3/c1-16-13(12-3-2-11(15)8-18-12)5-9-4-10(14)7-17-6-9/h2-4,6-8,13,16H,5H2,1H3. The quantitative estimate of drug-likeness (QED) is 0.943. The fourth-order valence-electron chi connectivity index (χ4n) is 1.75. The molecule has 0 bridgehead atoms. The summed E-state index contributed by atoms with van der Waals surface area (Å²) in [5, 5.41) is 3.18. The van der Waals surface area contributed by atoms with E-state index in [4.69, 9.17) is 0 Å². The molecule has 2 aromatic heterocycles. The lowest BCUT2D eigenvalue weighted by Gasteiger charge is -2.15. The van der Waals surface area contributed by atoms with E-state index in [-0.39, 0.29) is 11.9 Å². The molecule has 0 aromatic carbocycles. The number of rotatable bonds is 4. The number of aromatic nitrogens is 2. The maximum absolute atomic E-state index is 12.8. The van der Waals surface area contributed by atoms with Crippen LogP contribution >= 0.6 is 15.9 Å². The van der Waals surface area contributed by atoms with Gasteiger partial charge in [0.1, 0.15) is 5.82 Å². The lowest BCUT2D eigenvalue weighted by molar-refractivity contribution is 0.565. The Morgan fingerprint density at radius 1 is 1.33 bits per heavy atom. The topological polar surface area (TPSA) is 37.8 Å². The molecule has 0 saturated heterocycles. The molecule has 1 atom stereocenters. The first-order valence-corrected chi connectivity index (χ1v) is 6.36. The van der Waals surface area contributed by atoms with E-state index >= 15 is 0 Å². The van der Waals surface area contributed by atoms with Crippen molar-refractivity contribution in [3.05, 3.63) is 58.3 Å². The SMILES string of the molecule is CNC(Cc1cncc(Br)c1)c1ccc(F)cn1. The predicted octanol–water partition coefficient (Wildman–Crippen LogP) is 2.88. The molecule has 0 spiro atoms. The molecule has 1 N–H and O–H groups in total. The molecule has 0 fully saturated rings. The highest BCUT2D eigenvalue weighted by Crippen LogP contribution is 2.18. The molecule has 94 valence electrons. The van der Waals surface area contributed by atoms with Crippen molar-refractivity contribution in [2.75, 3.05) is 7.05 Å². The van der Waals surface area contributed by atoms with Crippen LogP contribution < -0.4 is 5.32 Å². The second-order valence-electron chi connectivity index (χ2n) is 3.96. The molecular formula is C13H13BrFN3. The highest BCUT2D eigenvalue weighted by atomic mass is 79.9. The van der Waals surface area contributed by atoms with Crippen LogP contribution in [0.15, 0.2) is 41.3 Å². The first kappa shape index (κ1) is 13.1. The molecule has 0 saturated carbocycles. The highest BCUT2D eigenvalue weighted by molar-refractivity contribution is 9.10. The van der Waals surface area contributed by atoms with E-state index in [1.165, 1.54) is 12.3 Å². The van der Waals surface area contributed by atoms with Gasteiger partial charge >= 0.3 is 0 Å². The van der Waals surface area contributed by atoms with Crippen molar-refractivity contribution in [3.8, 4) is 0 Å². The van der Waals surface area contributed by atoms with Crippen molar-refractivity contribution in [1.82, 2.24) is 15.3 Å². The van der Waals surface area contributed by atoms with Crippen molar-refractivity contribution < 1.29 is 4.39 Å². The Morgan fingerprint density at radius 2 is 2.17 bits per heavy atom. The number of nitrogens with zero attached hydrogens (tertiary/aromatic N) is 2. The molecule has 2 heterocycles. The number of nitrogens with one attached hydrogen (secondary N) is 1. The molecule has 2 rings (SSSR count). The maximum atomic E-state index is 12.8. The summed E-state index contributed by atoms with van der Waals surface area (Å²) in [4.78, 5) is 8.22. The smallest absolute Gasteiger partial charge is 0.141 e. The fraction of sp³-hybridized carbons (Fsp3) is 0.231. The van der Waals surface area contributed by atoms with Crippen LogP contribution in [0, 0.1) is 5.82 Å². The molecular weight excluding hydrogens is 297 g/mol. The molecule has 18 heavy (non-hydrogen) atoms. The highest BCUT2D eigenvalue weighted by Gasteiger charge is 2.12. The van der Waals surface area contributed by atoms with Gasteiger partial charge in [0.15, 0.2) is 0 Å². The van der Waals surface area contributed by atoms with E-state index in [2.05, 4.69) is 31.2 Å². The lowest BCUT2D eigenvalue weighted by atomic mass is 10.0. The van der Waals surface area contributed by atoms with Gasteiger partial charge in [-0.1, -0.05) is 0 Å². The largest absolute Gasteiger partial charge is 0.311 e. The van der Waals surface area contributed by atoms with E-state index in [0.29, 0.717) is 0 Å². The van der Waals surface area contributed by atoms with E-state index in [1.54, 1.807) is 12.3 Å². The summed E-state index contributed by atoms with van der Waals surface area (Å²) in [7, 11) is 1.86. The molecule has 2 aromatic rings. The molecule has 0 aliphatic heterocycles. The van der Waals surface area contributed by atoms with Gasteiger partial charge in [-0.15, -0.1) is 0 Å². The van der Waals surface area contributed by atoms with Crippen LogP contribution in [-0.2, 0) is 6.42 Å². The summed E-state index contributed by atoms with van der Waals surface area (Å²) in [6.45, 7) is 0. The fourth-order valence-corrected chi connectivity index (χ4v) is 2.16. The van der Waals surface area contributed by atoms with E-state index in [0.717, 1.165) is 22.2 Å². The first-order valence-electron chi connectivity index (χ1n) is 5.57. The molecule has 0 aliphatic carbocycles. The molecule has 5 heteroatoms. The van der Waals surface area contributed by atoms with Crippen LogP contribution in [0.1, 0.15) is 17.3 Å². The number of pyridine rings is 2. The molecule has 0 amide bonds. The minimum atomic E-state index is -0.322. The Bertz CT molecular complexity index is 516. The Labute approximate surface area is 114 Å². The van der Waals surface area contributed by atoms with Gasteiger partial charge in [-0.25, -0.2) is 4.39 Å². The molecule has 0 aliphatic rings. The van der Waals surface area contributed by atoms with Gasteiger partial charge in [-0.05, 0) is 53.2 Å². The van der Waals surface area contributed by atoms with E-state index < -0.39 is 0 Å². The monoisotopic (exact) mass is 309 g/mol. The Hall–Kier alpha value is -1.33. The van der Waals surface area contributed by atoms with Crippen LogP contribution in [0.2, 0.25) is 0 Å². The van der Waals surface area contributed by atoms with Crippen LogP contribution in [-0.4, -0.2) is 17.0 Å². The summed E-state index contributed by atoms with van der Waals surface area (Å²) >= 11 is 3.39. The van der Waals surface area contributed by atoms with Crippen LogP contribution in [0.5, 0.6) is 0 Å². The number of hydrogen-bond acceptors (Lipinski definition) is 3. The summed E-state index contributed by atoms with van der Waals surface area (Å²) in [5.74, 6) is -0.322. The average molecular weight is 310 g/mol. The van der Waals surface area contributed by atoms with Gasteiger partial charge in [0.05, 0.1) is 17.9 Å². The molecule has 3 nitrogen and oxygen atoms in total. The summed E-state index contributed by atoms with van der Waals surface area (Å²) in [6.07, 6.45) is 5.55. The van der Waals surface area contributed by atoms with Gasteiger partial charge in [0, 0.05) is 16.9 Å². The Morgan fingerprint density at radius 3 is 2.78 bits per heavy atom. The van der Waals surface area contributed by atoms with Crippen molar-refractivity contribution in [2.24, 2.45) is 0 Å². The van der Waals surface area contributed by atoms with Crippen molar-refractivity contribution in [3.63, 3.8) is 0 Å². The van der Waals surface area contributed by atoms with E-state index in [1.807, 2.05) is 19.3 Å². The minimum Gasteiger partial charge on any atom is -0.311 e. The maximum Gasteiger partial charge on any atom is 0.141 e. The van der Waals surface area contributed by atoms with Gasteiger partial charge in [0.25, 0.3) is 0 Å². The van der Waals surface area contributed by atoms with Crippen molar-refractivity contribution in [2.45, 2.75) is 12.5 Å². The second-order valence-corrected chi connectivity index (χ2v) is 4.87. The first-order chi connectivity index (χ1) is 8.69. The Balaban J connectivity index is 2.17. The normalized spacial score (nSPS) is 12.4. The third-order valence-electron chi connectivity index (χ3n) is 2.66. The van der Waals surface area contributed by atoms with Crippen LogP contribution in [0.4, 0.5) is 4.39 Å². The summed E-state index contributed by atoms with van der Waals surface area (Å²) in [5.41, 5.74) is 1.91. The number of halogens is 2. The molecule has 0 radical (unpaired) electrons. The van der Waals surface area contributed by atoms with Crippen molar-refractivity contribution >= 4 is 15.9 Å². The Kier molecular flexibility index (Phi) is 4.38. The van der Waals surface area contributed by atoms with Gasteiger partial charge in [-0.2, -0.15) is 0 Å².